The van der Waals surface area contributed by atoms with E-state index in [1.165, 1.54) is 21.8 Å². The fraction of sp³-hybridized carbons (Fsp3) is 0. The molecule has 0 aliphatic carbocycles. The monoisotopic (exact) mass is 1110 g/mol. The topological polar surface area (TPSA) is 36.4 Å². The molecule has 1 aromatic heterocycles. The minimum atomic E-state index is -0.273. The van der Waals surface area contributed by atoms with Crippen LogP contribution in [0.4, 0.5) is 68.2 Å². The third kappa shape index (κ3) is 7.66. The van der Waals surface area contributed by atoms with Crippen LogP contribution in [0.2, 0.25) is 0 Å². The largest absolute Gasteiger partial charge is 0.458 e. The quantitative estimate of drug-likeness (QED) is 0.134. The molecular weight excluding hydrogens is 1060 g/mol. The molecule has 4 aliphatic rings. The highest BCUT2D eigenvalue weighted by molar-refractivity contribution is 7.02. The maximum Gasteiger partial charge on any atom is 0.260 e. The van der Waals surface area contributed by atoms with Gasteiger partial charge in [-0.1, -0.05) is 176 Å². The van der Waals surface area contributed by atoms with E-state index in [9.17, 15) is 0 Å². The van der Waals surface area contributed by atoms with Gasteiger partial charge < -0.3 is 33.6 Å². The Morgan fingerprint density at radius 1 is 0.253 bits per heavy atom. The molecule has 87 heavy (non-hydrogen) atoms. The van der Waals surface area contributed by atoms with Gasteiger partial charge in [0.2, 0.25) is 0 Å². The van der Waals surface area contributed by atoms with Crippen molar-refractivity contribution in [3.05, 3.63) is 309 Å². The van der Waals surface area contributed by atoms with E-state index < -0.39 is 0 Å². The summed E-state index contributed by atoms with van der Waals surface area (Å²) in [6.45, 7) is -0.452. The van der Waals surface area contributed by atoms with E-state index in [4.69, 9.17) is 9.47 Å². The molecule has 18 rings (SSSR count). The second-order valence-electron chi connectivity index (χ2n) is 22.8. The fourth-order valence-electron chi connectivity index (χ4n) is 14.4. The Morgan fingerprint density at radius 2 is 0.678 bits per heavy atom. The second kappa shape index (κ2) is 19.6. The van der Waals surface area contributed by atoms with Crippen molar-refractivity contribution < 1.29 is 9.47 Å². The van der Waals surface area contributed by atoms with E-state index in [1.807, 2.05) is 0 Å². The first-order valence-electron chi connectivity index (χ1n) is 29.8. The zero-order valence-corrected chi connectivity index (χ0v) is 47.2. The third-order valence-electron chi connectivity index (χ3n) is 18.0. The van der Waals surface area contributed by atoms with Crippen LogP contribution in [0.3, 0.4) is 0 Å². The van der Waals surface area contributed by atoms with Crippen LogP contribution in [-0.4, -0.2) is 18.0 Å². The number of aromatic nitrogens is 1. The lowest BCUT2D eigenvalue weighted by Gasteiger charge is -2.45. The number of benzene rings is 13. The zero-order valence-electron chi connectivity index (χ0n) is 47.2. The van der Waals surface area contributed by atoms with Gasteiger partial charge in [-0.05, 0) is 137 Å². The van der Waals surface area contributed by atoms with Crippen LogP contribution >= 0.6 is 0 Å². The van der Waals surface area contributed by atoms with E-state index in [-0.39, 0.29) is 13.4 Å². The summed E-state index contributed by atoms with van der Waals surface area (Å²) >= 11 is 0. The fourth-order valence-corrected chi connectivity index (χ4v) is 14.4. The molecule has 0 saturated carbocycles. The highest BCUT2D eigenvalue weighted by Crippen LogP contribution is 2.50. The summed E-state index contributed by atoms with van der Waals surface area (Å²) in [6, 6.07) is 112. The van der Waals surface area contributed by atoms with E-state index in [0.717, 1.165) is 130 Å². The molecule has 4 aliphatic heterocycles. The molecule has 13 aromatic carbocycles. The summed E-state index contributed by atoms with van der Waals surface area (Å²) in [5.41, 5.74) is 22.8. The van der Waals surface area contributed by atoms with E-state index >= 15 is 0 Å². The highest BCUT2D eigenvalue weighted by atomic mass is 16.5. The molecule has 0 fully saturated rings. The molecule has 0 atom stereocenters. The Hall–Kier alpha value is -11.4. The van der Waals surface area contributed by atoms with Gasteiger partial charge in [-0.3, -0.25) is 0 Å². The minimum Gasteiger partial charge on any atom is -0.458 e. The van der Waals surface area contributed by atoms with Crippen molar-refractivity contribution in [2.45, 2.75) is 0 Å². The minimum absolute atomic E-state index is 0.179. The molecule has 406 valence electrons. The molecule has 0 radical (unpaired) electrons. The maximum atomic E-state index is 7.63. The molecule has 0 amide bonds. The lowest BCUT2D eigenvalue weighted by Crippen LogP contribution is -2.64. The number of hydrogen-bond donors (Lipinski definition) is 0. The average molecular weight is 1110 g/mol. The molecule has 0 bridgehead atoms. The van der Waals surface area contributed by atoms with Crippen molar-refractivity contribution in [3.63, 3.8) is 0 Å². The number of anilines is 12. The van der Waals surface area contributed by atoms with Gasteiger partial charge in [-0.15, -0.1) is 0 Å². The molecule has 7 nitrogen and oxygen atoms in total. The SMILES string of the molecule is c1ccc(N(c2ccccc2)c2cc3c4c(c2)Oc2cc5c(cc2B4c2cc4c(cc2O3)N(c2ccccc2)c2cc(N(c3ccccc3)c3ccccc3)cc3c2B4c2ccccc2N3c2ccccc2)c2ccccc2n5-c2ccccc2)cc1. The summed E-state index contributed by atoms with van der Waals surface area (Å²) in [5, 5.41) is 2.34. The second-order valence-corrected chi connectivity index (χ2v) is 22.8. The Morgan fingerprint density at radius 3 is 1.23 bits per heavy atom. The molecule has 0 N–H and O–H groups in total. The van der Waals surface area contributed by atoms with Gasteiger partial charge in [0.15, 0.2) is 0 Å². The molecular formula is C78H51B2N5O2. The normalized spacial score (nSPS) is 12.9. The predicted molar refractivity (Wildman–Crippen MR) is 362 cm³/mol. The molecule has 14 aromatic rings. The van der Waals surface area contributed by atoms with Crippen molar-refractivity contribution in [1.29, 1.82) is 0 Å². The number of rotatable bonds is 9. The highest BCUT2D eigenvalue weighted by Gasteiger charge is 2.48. The van der Waals surface area contributed by atoms with E-state index in [1.54, 1.807) is 0 Å². The first-order valence-corrected chi connectivity index (χ1v) is 29.8. The van der Waals surface area contributed by atoms with Gasteiger partial charge in [0, 0.05) is 103 Å². The lowest BCUT2D eigenvalue weighted by atomic mass is 9.31. The van der Waals surface area contributed by atoms with Gasteiger partial charge >= 0.3 is 0 Å². The third-order valence-corrected chi connectivity index (χ3v) is 18.0. The van der Waals surface area contributed by atoms with Crippen molar-refractivity contribution in [1.82, 2.24) is 4.57 Å². The van der Waals surface area contributed by atoms with Crippen molar-refractivity contribution in [2.75, 3.05) is 19.6 Å². The van der Waals surface area contributed by atoms with Gasteiger partial charge in [0.25, 0.3) is 13.4 Å². The summed E-state index contributed by atoms with van der Waals surface area (Å²) in [6.07, 6.45) is 0. The van der Waals surface area contributed by atoms with Crippen LogP contribution in [0.25, 0.3) is 27.5 Å². The van der Waals surface area contributed by atoms with E-state index in [2.05, 4.69) is 334 Å². The molecule has 0 saturated heterocycles. The van der Waals surface area contributed by atoms with Crippen LogP contribution in [0.1, 0.15) is 0 Å². The Balaban J connectivity index is 0.926. The summed E-state index contributed by atoms with van der Waals surface area (Å²) < 4.78 is 17.5. The van der Waals surface area contributed by atoms with Crippen molar-refractivity contribution in [3.8, 4) is 28.7 Å². The molecule has 9 heteroatoms. The maximum absolute atomic E-state index is 7.63. The Labute approximate surface area is 505 Å². The number of para-hydroxylation sites is 9. The van der Waals surface area contributed by atoms with Gasteiger partial charge in [-0.2, -0.15) is 0 Å². The average Bonchev–Trinajstić information content (AvgIpc) is 0.826. The lowest BCUT2D eigenvalue weighted by molar-refractivity contribution is 0.465. The molecule has 0 unspecified atom stereocenters. The molecule has 5 heterocycles. The summed E-state index contributed by atoms with van der Waals surface area (Å²) in [7, 11) is 0. The number of nitrogens with zero attached hydrogens (tertiary/aromatic N) is 5. The number of fused-ring (bicyclic) bond motifs is 11. The van der Waals surface area contributed by atoms with Crippen LogP contribution in [-0.2, 0) is 0 Å². The molecule has 0 spiro atoms. The van der Waals surface area contributed by atoms with Crippen molar-refractivity contribution in [2.24, 2.45) is 0 Å². The first kappa shape index (κ1) is 49.1. The van der Waals surface area contributed by atoms with Gasteiger partial charge in [0.05, 0.1) is 22.4 Å². The van der Waals surface area contributed by atoms with Gasteiger partial charge in [0.1, 0.15) is 23.0 Å². The Bertz CT molecular complexity index is 4940. The van der Waals surface area contributed by atoms with Crippen LogP contribution in [0.5, 0.6) is 23.0 Å². The zero-order chi connectivity index (χ0) is 57.1. The van der Waals surface area contributed by atoms with Crippen LogP contribution < -0.4 is 61.9 Å². The summed E-state index contributed by atoms with van der Waals surface area (Å²) in [4.78, 5) is 9.66. The van der Waals surface area contributed by atoms with Crippen LogP contribution in [0, 0.1) is 0 Å². The standard InChI is InChI=1S/C78H51B2N5O2/c1-8-26-52(27-9-1)81(53-28-10-2-11-29-53)59-44-71-77-72(45-59)85(58-38-20-7-21-39-58)70-51-74-66(49-64(70)79(77)63-41-23-25-43-68(63)84(71)57-36-18-6-19-37-57)80-65-48-62-61-40-22-24-42-67(61)83(56-34-16-5-17-35-56)69(62)50-73(65)86-75-46-60(47-76(87-74)78(75)80)82(54-30-12-3-13-31-54)55-32-14-4-15-33-55/h1-51H. The number of hydrogen-bond acceptors (Lipinski definition) is 6. The first-order chi connectivity index (χ1) is 43.2. The predicted octanol–water partition coefficient (Wildman–Crippen LogP) is 16.5. The number of ether oxygens (including phenoxy) is 2. The van der Waals surface area contributed by atoms with E-state index in [0.29, 0.717) is 0 Å². The smallest absolute Gasteiger partial charge is 0.260 e. The van der Waals surface area contributed by atoms with Crippen LogP contribution in [0.15, 0.2) is 309 Å². The summed E-state index contributed by atoms with van der Waals surface area (Å²) in [5.74, 6) is 3.12. The Kier molecular flexibility index (Phi) is 11.0. The van der Waals surface area contributed by atoms with Gasteiger partial charge in [-0.25, -0.2) is 0 Å². The van der Waals surface area contributed by atoms with Crippen molar-refractivity contribution >= 4 is 136 Å².